The van der Waals surface area contributed by atoms with Crippen LogP contribution in [0.2, 0.25) is 0 Å². The van der Waals surface area contributed by atoms with Crippen molar-refractivity contribution in [1.29, 1.82) is 0 Å². The van der Waals surface area contributed by atoms with Crippen LogP contribution in [0.25, 0.3) is 0 Å². The highest BCUT2D eigenvalue weighted by Crippen LogP contribution is 2.35. The summed E-state index contributed by atoms with van der Waals surface area (Å²) in [5.74, 6) is 1.76. The van der Waals surface area contributed by atoms with E-state index in [0.29, 0.717) is 23.0 Å². The molecule has 1 aliphatic rings. The Hall–Kier alpha value is -3.09. The van der Waals surface area contributed by atoms with E-state index < -0.39 is 0 Å². The summed E-state index contributed by atoms with van der Waals surface area (Å²) in [5.41, 5.74) is 1.39. The van der Waals surface area contributed by atoms with Crippen molar-refractivity contribution in [1.82, 2.24) is 10.3 Å². The summed E-state index contributed by atoms with van der Waals surface area (Å²) in [7, 11) is 1.70. The molecule has 130 valence electrons. The summed E-state index contributed by atoms with van der Waals surface area (Å²) < 4.78 is 5.93. The third-order valence-electron chi connectivity index (χ3n) is 3.75. The highest BCUT2D eigenvalue weighted by atomic mass is 16.5. The molecule has 0 aliphatic carbocycles. The summed E-state index contributed by atoms with van der Waals surface area (Å²) in [6.45, 7) is 3.78. The number of nitrogens with zero attached hydrogens (tertiary/aromatic N) is 2. The molecule has 3 rings (SSSR count). The van der Waals surface area contributed by atoms with Gasteiger partial charge in [0, 0.05) is 36.6 Å². The average molecular weight is 340 g/mol. The van der Waals surface area contributed by atoms with E-state index in [1.165, 1.54) is 4.90 Å². The largest absolute Gasteiger partial charge is 0.457 e. The first-order valence-electron chi connectivity index (χ1n) is 8.04. The van der Waals surface area contributed by atoms with Crippen LogP contribution in [-0.2, 0) is 11.2 Å². The predicted molar refractivity (Wildman–Crippen MR) is 95.2 cm³/mol. The summed E-state index contributed by atoms with van der Waals surface area (Å²) in [5, 5.41) is 5.52. The number of ether oxygens (including phenoxy) is 1. The van der Waals surface area contributed by atoms with Gasteiger partial charge in [-0.1, -0.05) is 6.07 Å². The van der Waals surface area contributed by atoms with Crippen LogP contribution in [0.5, 0.6) is 11.5 Å². The number of anilines is 2. The monoisotopic (exact) mass is 340 g/mol. The molecule has 1 aromatic carbocycles. The van der Waals surface area contributed by atoms with E-state index in [1.807, 2.05) is 13.8 Å². The molecule has 7 heteroatoms. The molecule has 3 amide bonds. The second-order valence-electron chi connectivity index (χ2n) is 6.12. The molecular weight excluding hydrogens is 320 g/mol. The number of hydrogen-bond acceptors (Lipinski definition) is 4. The molecule has 2 aromatic rings. The van der Waals surface area contributed by atoms with Gasteiger partial charge in [0.05, 0.1) is 6.42 Å². The van der Waals surface area contributed by atoms with Crippen molar-refractivity contribution >= 4 is 23.4 Å². The zero-order chi connectivity index (χ0) is 18.0. The smallest absolute Gasteiger partial charge is 0.319 e. The van der Waals surface area contributed by atoms with Gasteiger partial charge in [0.15, 0.2) is 0 Å². The van der Waals surface area contributed by atoms with Gasteiger partial charge in [-0.25, -0.2) is 9.78 Å². The van der Waals surface area contributed by atoms with Crippen LogP contribution in [0, 0.1) is 0 Å². The quantitative estimate of drug-likeness (QED) is 0.896. The van der Waals surface area contributed by atoms with Gasteiger partial charge in [-0.3, -0.25) is 9.69 Å². The number of pyridine rings is 1. The molecule has 0 saturated carbocycles. The minimum absolute atomic E-state index is 0.0145. The third kappa shape index (κ3) is 3.71. The van der Waals surface area contributed by atoms with Gasteiger partial charge in [-0.2, -0.15) is 0 Å². The molecule has 25 heavy (non-hydrogen) atoms. The number of benzene rings is 1. The number of hydrogen-bond donors (Lipinski definition) is 2. The Bertz CT molecular complexity index is 820. The number of nitrogens with one attached hydrogen (secondary N) is 2. The molecule has 0 saturated heterocycles. The van der Waals surface area contributed by atoms with E-state index in [0.717, 1.165) is 5.56 Å². The van der Waals surface area contributed by atoms with Gasteiger partial charge in [-0.15, -0.1) is 0 Å². The number of amides is 3. The first-order chi connectivity index (χ1) is 11.9. The van der Waals surface area contributed by atoms with Crippen LogP contribution in [0.3, 0.4) is 0 Å². The Morgan fingerprint density at radius 3 is 2.88 bits per heavy atom. The lowest BCUT2D eigenvalue weighted by Gasteiger charge is -2.13. The number of carbonyl (C=O) groups excluding carboxylic acids is 2. The van der Waals surface area contributed by atoms with Gasteiger partial charge >= 0.3 is 6.03 Å². The number of fused-ring (bicyclic) bond motifs is 1. The second kappa shape index (κ2) is 6.80. The van der Waals surface area contributed by atoms with Crippen molar-refractivity contribution in [3.63, 3.8) is 0 Å². The lowest BCUT2D eigenvalue weighted by atomic mass is 10.2. The maximum atomic E-state index is 11.9. The van der Waals surface area contributed by atoms with Crippen molar-refractivity contribution in [3.05, 3.63) is 42.1 Å². The zero-order valence-electron chi connectivity index (χ0n) is 14.4. The fourth-order valence-corrected chi connectivity index (χ4v) is 2.60. The minimum Gasteiger partial charge on any atom is -0.457 e. The van der Waals surface area contributed by atoms with Crippen LogP contribution in [-0.4, -0.2) is 30.0 Å². The van der Waals surface area contributed by atoms with Gasteiger partial charge in [0.1, 0.15) is 17.3 Å². The number of rotatable bonds is 4. The Labute approximate surface area is 146 Å². The predicted octanol–water partition coefficient (Wildman–Crippen LogP) is 2.92. The molecule has 7 nitrogen and oxygen atoms in total. The van der Waals surface area contributed by atoms with E-state index >= 15 is 0 Å². The van der Waals surface area contributed by atoms with Gasteiger partial charge in [0.25, 0.3) is 0 Å². The number of aromatic nitrogens is 1. The lowest BCUT2D eigenvalue weighted by Crippen LogP contribution is -2.34. The molecule has 2 heterocycles. The van der Waals surface area contributed by atoms with Crippen molar-refractivity contribution in [2.24, 2.45) is 0 Å². The number of carbonyl (C=O) groups is 2. The van der Waals surface area contributed by atoms with Crippen molar-refractivity contribution < 1.29 is 14.3 Å². The van der Waals surface area contributed by atoms with Gasteiger partial charge in [-0.05, 0) is 32.0 Å². The molecule has 0 atom stereocenters. The maximum absolute atomic E-state index is 11.9. The fraction of sp³-hybridized carbons (Fsp3) is 0.278. The first-order valence-corrected chi connectivity index (χ1v) is 8.04. The fourth-order valence-electron chi connectivity index (χ4n) is 2.60. The van der Waals surface area contributed by atoms with E-state index in [2.05, 4.69) is 15.6 Å². The summed E-state index contributed by atoms with van der Waals surface area (Å²) >= 11 is 0. The maximum Gasteiger partial charge on any atom is 0.319 e. The highest BCUT2D eigenvalue weighted by molar-refractivity contribution is 6.00. The number of likely N-dealkylation sites (N-methyl/N-ethyl adjacent to an activating group) is 1. The Kier molecular flexibility index (Phi) is 4.56. The molecule has 2 N–H and O–H groups in total. The van der Waals surface area contributed by atoms with Crippen LogP contribution in [0.4, 0.5) is 16.3 Å². The summed E-state index contributed by atoms with van der Waals surface area (Å²) in [6.07, 6.45) is 1.88. The molecular formula is C18H20N4O3. The van der Waals surface area contributed by atoms with Gasteiger partial charge < -0.3 is 15.4 Å². The Morgan fingerprint density at radius 2 is 2.12 bits per heavy atom. The topological polar surface area (TPSA) is 83.6 Å². The summed E-state index contributed by atoms with van der Waals surface area (Å²) in [4.78, 5) is 29.4. The van der Waals surface area contributed by atoms with E-state index in [-0.39, 0.29) is 24.4 Å². The van der Waals surface area contributed by atoms with Crippen molar-refractivity contribution in [3.8, 4) is 11.5 Å². The number of urea groups is 1. The first kappa shape index (κ1) is 16.8. The molecule has 0 spiro atoms. The van der Waals surface area contributed by atoms with Crippen LogP contribution in [0.1, 0.15) is 19.4 Å². The minimum atomic E-state index is -0.274. The molecule has 1 aromatic heterocycles. The lowest BCUT2D eigenvalue weighted by molar-refractivity contribution is -0.117. The molecule has 0 bridgehead atoms. The molecule has 1 aliphatic heterocycles. The molecule has 0 fully saturated rings. The van der Waals surface area contributed by atoms with Gasteiger partial charge in [0.2, 0.25) is 5.91 Å². The van der Waals surface area contributed by atoms with Crippen molar-refractivity contribution in [2.75, 3.05) is 17.3 Å². The Morgan fingerprint density at radius 1 is 1.32 bits per heavy atom. The SMILES string of the molecule is CC(C)NC(=O)Nc1cccc(Oc2ccnc3c2CC(=O)N3C)c1. The second-order valence-corrected chi connectivity index (χ2v) is 6.12. The van der Waals surface area contributed by atoms with E-state index in [9.17, 15) is 9.59 Å². The standard InChI is InChI=1S/C18H20N4O3/c1-11(2)20-18(24)21-12-5-4-6-13(9-12)25-15-7-8-19-17-14(15)10-16(23)22(17)3/h4-9,11H,10H2,1-3H3,(H2,20,21,24). The van der Waals surface area contributed by atoms with Crippen LogP contribution in [0.15, 0.2) is 36.5 Å². The third-order valence-corrected chi connectivity index (χ3v) is 3.75. The Balaban J connectivity index is 1.78. The van der Waals surface area contributed by atoms with E-state index in [1.54, 1.807) is 43.6 Å². The van der Waals surface area contributed by atoms with E-state index in [4.69, 9.17) is 4.74 Å². The van der Waals surface area contributed by atoms with Crippen LogP contribution >= 0.6 is 0 Å². The highest BCUT2D eigenvalue weighted by Gasteiger charge is 2.28. The zero-order valence-corrected chi connectivity index (χ0v) is 14.4. The molecule has 0 radical (unpaired) electrons. The normalized spacial score (nSPS) is 13.0. The summed E-state index contributed by atoms with van der Waals surface area (Å²) in [6, 6.07) is 8.60. The average Bonchev–Trinajstić information content (AvgIpc) is 2.83. The molecule has 0 unspecified atom stereocenters. The van der Waals surface area contributed by atoms with Crippen molar-refractivity contribution in [2.45, 2.75) is 26.3 Å². The van der Waals surface area contributed by atoms with Crippen LogP contribution < -0.4 is 20.3 Å².